The summed E-state index contributed by atoms with van der Waals surface area (Å²) in [5.41, 5.74) is 0. The Hall–Kier alpha value is -0.220. The first-order chi connectivity index (χ1) is 9.79. The second-order valence-electron chi connectivity index (χ2n) is 5.72. The van der Waals surface area contributed by atoms with Gasteiger partial charge in [0.1, 0.15) is 0 Å². The lowest BCUT2D eigenvalue weighted by Crippen LogP contribution is -2.45. The van der Waals surface area contributed by atoms with Gasteiger partial charge in [-0.25, -0.2) is 0 Å². The molecule has 118 valence electrons. The molecular formula is C16H32N2OS. The molecule has 0 spiro atoms. The zero-order valence-corrected chi connectivity index (χ0v) is 14.1. The Morgan fingerprint density at radius 2 is 1.65 bits per heavy atom. The van der Waals surface area contributed by atoms with Gasteiger partial charge in [-0.15, -0.1) is 11.8 Å². The molecule has 1 N–H and O–H groups in total. The van der Waals surface area contributed by atoms with Crippen LogP contribution in [-0.2, 0) is 4.79 Å². The lowest BCUT2D eigenvalue weighted by molar-refractivity contribution is -0.132. The fourth-order valence-corrected chi connectivity index (χ4v) is 3.50. The summed E-state index contributed by atoms with van der Waals surface area (Å²) >= 11 is 1.83. The standard InChI is InChI=1S/C16H32N2OS/c1-3-5-7-9-11-18(12-10-8-6-4-2)16(19)15-13-20-14-17-15/h15,17H,3-14H2,1-2H3. The van der Waals surface area contributed by atoms with Gasteiger partial charge in [0.25, 0.3) is 0 Å². The maximum absolute atomic E-state index is 12.5. The van der Waals surface area contributed by atoms with E-state index in [1.54, 1.807) is 0 Å². The van der Waals surface area contributed by atoms with Crippen molar-refractivity contribution in [1.29, 1.82) is 0 Å². The summed E-state index contributed by atoms with van der Waals surface area (Å²) in [6, 6.07) is 0.0670. The lowest BCUT2D eigenvalue weighted by atomic mass is 10.1. The van der Waals surface area contributed by atoms with Crippen LogP contribution in [0.25, 0.3) is 0 Å². The third-order valence-corrected chi connectivity index (χ3v) is 4.83. The van der Waals surface area contributed by atoms with Gasteiger partial charge in [0.05, 0.1) is 6.04 Å². The molecule has 0 aliphatic carbocycles. The van der Waals surface area contributed by atoms with Crippen LogP contribution in [0.1, 0.15) is 65.2 Å². The molecule has 1 amide bonds. The predicted octanol–water partition coefficient (Wildman–Crippen LogP) is 3.64. The highest BCUT2D eigenvalue weighted by Crippen LogP contribution is 2.14. The SMILES string of the molecule is CCCCCCN(CCCCCC)C(=O)C1CSCN1. The fraction of sp³-hybridized carbons (Fsp3) is 0.938. The summed E-state index contributed by atoms with van der Waals surface area (Å²) < 4.78 is 0. The van der Waals surface area contributed by atoms with Gasteiger partial charge >= 0.3 is 0 Å². The summed E-state index contributed by atoms with van der Waals surface area (Å²) in [5, 5.41) is 3.31. The van der Waals surface area contributed by atoms with E-state index in [1.165, 1.54) is 38.5 Å². The average Bonchev–Trinajstić information content (AvgIpc) is 2.99. The number of thioether (sulfide) groups is 1. The highest BCUT2D eigenvalue weighted by Gasteiger charge is 2.26. The molecule has 0 bridgehead atoms. The molecular weight excluding hydrogens is 268 g/mol. The Bertz CT molecular complexity index is 243. The van der Waals surface area contributed by atoms with Gasteiger partial charge < -0.3 is 4.90 Å². The van der Waals surface area contributed by atoms with Crippen LogP contribution in [0.2, 0.25) is 0 Å². The lowest BCUT2D eigenvalue weighted by Gasteiger charge is -2.25. The number of nitrogens with one attached hydrogen (secondary N) is 1. The number of carbonyl (C=O) groups excluding carboxylic acids is 1. The van der Waals surface area contributed by atoms with E-state index in [9.17, 15) is 4.79 Å². The maximum atomic E-state index is 12.5. The van der Waals surface area contributed by atoms with Crippen molar-refractivity contribution in [3.63, 3.8) is 0 Å². The Morgan fingerprint density at radius 3 is 2.10 bits per heavy atom. The highest BCUT2D eigenvalue weighted by molar-refractivity contribution is 7.99. The van der Waals surface area contributed by atoms with Crippen LogP contribution in [0.5, 0.6) is 0 Å². The molecule has 0 aromatic heterocycles. The highest BCUT2D eigenvalue weighted by atomic mass is 32.2. The molecule has 1 aliphatic heterocycles. The number of nitrogens with zero attached hydrogens (tertiary/aromatic N) is 1. The normalized spacial score (nSPS) is 18.4. The third-order valence-electron chi connectivity index (χ3n) is 3.89. The molecule has 3 nitrogen and oxygen atoms in total. The van der Waals surface area contributed by atoms with E-state index in [0.717, 1.165) is 37.6 Å². The van der Waals surface area contributed by atoms with Crippen LogP contribution < -0.4 is 5.32 Å². The Morgan fingerprint density at radius 1 is 1.05 bits per heavy atom. The number of unbranched alkanes of at least 4 members (excludes halogenated alkanes) is 6. The van der Waals surface area contributed by atoms with Gasteiger partial charge in [-0.1, -0.05) is 52.4 Å². The first kappa shape index (κ1) is 17.8. The molecule has 20 heavy (non-hydrogen) atoms. The Balaban J connectivity index is 2.33. The second kappa shape index (κ2) is 11.4. The molecule has 1 heterocycles. The summed E-state index contributed by atoms with van der Waals surface area (Å²) in [4.78, 5) is 14.6. The second-order valence-corrected chi connectivity index (χ2v) is 6.75. The topological polar surface area (TPSA) is 32.3 Å². The van der Waals surface area contributed by atoms with Crippen LogP contribution in [0.4, 0.5) is 0 Å². The van der Waals surface area contributed by atoms with Crippen molar-refractivity contribution in [3.8, 4) is 0 Å². The van der Waals surface area contributed by atoms with E-state index in [0.29, 0.717) is 5.91 Å². The predicted molar refractivity (Wildman–Crippen MR) is 89.1 cm³/mol. The number of hydrogen-bond donors (Lipinski definition) is 1. The smallest absolute Gasteiger partial charge is 0.240 e. The zero-order chi connectivity index (χ0) is 14.6. The van der Waals surface area contributed by atoms with Crippen molar-refractivity contribution in [2.24, 2.45) is 0 Å². The van der Waals surface area contributed by atoms with Crippen LogP contribution >= 0.6 is 11.8 Å². The number of rotatable bonds is 11. The molecule has 1 atom stereocenters. The molecule has 1 unspecified atom stereocenters. The van der Waals surface area contributed by atoms with Crippen LogP contribution in [0.3, 0.4) is 0 Å². The number of amides is 1. The minimum atomic E-state index is 0.0670. The zero-order valence-electron chi connectivity index (χ0n) is 13.3. The quantitative estimate of drug-likeness (QED) is 0.591. The van der Waals surface area contributed by atoms with E-state index in [4.69, 9.17) is 0 Å². The average molecular weight is 301 g/mol. The first-order valence-corrected chi connectivity index (χ1v) is 9.55. The van der Waals surface area contributed by atoms with E-state index in [2.05, 4.69) is 24.1 Å². The maximum Gasteiger partial charge on any atom is 0.240 e. The van der Waals surface area contributed by atoms with E-state index in [-0.39, 0.29) is 6.04 Å². The Kier molecular flexibility index (Phi) is 10.2. The van der Waals surface area contributed by atoms with Crippen molar-refractivity contribution in [1.82, 2.24) is 10.2 Å². The molecule has 1 fully saturated rings. The summed E-state index contributed by atoms with van der Waals surface area (Å²) in [6.45, 7) is 6.36. The minimum absolute atomic E-state index is 0.0670. The van der Waals surface area contributed by atoms with Crippen molar-refractivity contribution in [2.45, 2.75) is 71.3 Å². The third kappa shape index (κ3) is 6.98. The van der Waals surface area contributed by atoms with Crippen molar-refractivity contribution in [3.05, 3.63) is 0 Å². The Labute approximate surface area is 129 Å². The van der Waals surface area contributed by atoms with Gasteiger partial charge in [0, 0.05) is 24.7 Å². The van der Waals surface area contributed by atoms with Crippen molar-refractivity contribution < 1.29 is 4.79 Å². The van der Waals surface area contributed by atoms with Gasteiger partial charge in [-0.3, -0.25) is 10.1 Å². The largest absolute Gasteiger partial charge is 0.341 e. The molecule has 0 radical (unpaired) electrons. The van der Waals surface area contributed by atoms with Crippen LogP contribution in [-0.4, -0.2) is 41.6 Å². The molecule has 0 aromatic rings. The van der Waals surface area contributed by atoms with Crippen LogP contribution in [0, 0.1) is 0 Å². The first-order valence-electron chi connectivity index (χ1n) is 8.39. The molecule has 1 aliphatic rings. The number of carbonyl (C=O) groups is 1. The molecule has 0 aromatic carbocycles. The van der Waals surface area contributed by atoms with Gasteiger partial charge in [-0.05, 0) is 12.8 Å². The summed E-state index contributed by atoms with van der Waals surface area (Å²) in [5.74, 6) is 2.21. The van der Waals surface area contributed by atoms with E-state index >= 15 is 0 Å². The van der Waals surface area contributed by atoms with E-state index < -0.39 is 0 Å². The van der Waals surface area contributed by atoms with Gasteiger partial charge in [0.2, 0.25) is 5.91 Å². The monoisotopic (exact) mass is 300 g/mol. The van der Waals surface area contributed by atoms with E-state index in [1.807, 2.05) is 11.8 Å². The molecule has 1 saturated heterocycles. The number of hydrogen-bond acceptors (Lipinski definition) is 3. The minimum Gasteiger partial charge on any atom is -0.341 e. The van der Waals surface area contributed by atoms with Gasteiger partial charge in [-0.2, -0.15) is 0 Å². The van der Waals surface area contributed by atoms with Crippen molar-refractivity contribution >= 4 is 17.7 Å². The van der Waals surface area contributed by atoms with Gasteiger partial charge in [0.15, 0.2) is 0 Å². The van der Waals surface area contributed by atoms with Crippen molar-refractivity contribution in [2.75, 3.05) is 24.7 Å². The summed E-state index contributed by atoms with van der Waals surface area (Å²) in [7, 11) is 0. The fourth-order valence-electron chi connectivity index (χ4n) is 2.57. The van der Waals surface area contributed by atoms with Crippen LogP contribution in [0.15, 0.2) is 0 Å². The molecule has 0 saturated carbocycles. The molecule has 4 heteroatoms. The molecule has 1 rings (SSSR count). The summed E-state index contributed by atoms with van der Waals surface area (Å²) in [6.07, 6.45) is 9.91.